The number of urea groups is 1. The molecule has 33 heavy (non-hydrogen) atoms. The summed E-state index contributed by atoms with van der Waals surface area (Å²) in [5.74, 6) is 1.52. The van der Waals surface area contributed by atoms with Crippen LogP contribution >= 0.6 is 0 Å². The average Bonchev–Trinajstić information content (AvgIpc) is 3.12. The van der Waals surface area contributed by atoms with Crippen molar-refractivity contribution in [3.8, 4) is 11.8 Å². The van der Waals surface area contributed by atoms with Crippen LogP contribution in [0.1, 0.15) is 29.4 Å². The Labute approximate surface area is 194 Å². The summed E-state index contributed by atoms with van der Waals surface area (Å²) in [7, 11) is 3.55. The van der Waals surface area contributed by atoms with Crippen LogP contribution in [0.2, 0.25) is 0 Å². The van der Waals surface area contributed by atoms with Gasteiger partial charge in [-0.25, -0.2) is 9.78 Å². The van der Waals surface area contributed by atoms with Crippen molar-refractivity contribution < 1.29 is 9.53 Å². The summed E-state index contributed by atoms with van der Waals surface area (Å²) >= 11 is 0. The van der Waals surface area contributed by atoms with E-state index < -0.39 is 0 Å². The van der Waals surface area contributed by atoms with E-state index in [9.17, 15) is 10.1 Å². The molecule has 1 aromatic heterocycles. The van der Waals surface area contributed by atoms with Crippen molar-refractivity contribution in [3.63, 3.8) is 0 Å². The Morgan fingerprint density at radius 1 is 1.12 bits per heavy atom. The van der Waals surface area contributed by atoms with E-state index in [0.29, 0.717) is 25.2 Å². The van der Waals surface area contributed by atoms with Crippen LogP contribution in [0.15, 0.2) is 60.9 Å². The predicted molar refractivity (Wildman–Crippen MR) is 126 cm³/mol. The van der Waals surface area contributed by atoms with E-state index in [1.54, 1.807) is 13.3 Å². The van der Waals surface area contributed by atoms with Gasteiger partial charge in [0.1, 0.15) is 23.7 Å². The van der Waals surface area contributed by atoms with Gasteiger partial charge in [-0.05, 0) is 36.2 Å². The molecule has 170 valence electrons. The first kappa shape index (κ1) is 22.2. The lowest BCUT2D eigenvalue weighted by molar-refractivity contribution is 0.198. The van der Waals surface area contributed by atoms with Crippen molar-refractivity contribution in [1.29, 1.82) is 5.26 Å². The number of imidazole rings is 1. The van der Waals surface area contributed by atoms with Crippen LogP contribution in [0.3, 0.4) is 0 Å². The molecule has 1 saturated heterocycles. The van der Waals surface area contributed by atoms with Crippen molar-refractivity contribution in [2.45, 2.75) is 12.5 Å². The van der Waals surface area contributed by atoms with Crippen molar-refractivity contribution in [2.75, 3.05) is 38.2 Å². The standard InChI is InChI=1S/C25H28N6O2/c1-29-15-12-27-24(29)23(19-8-10-21(33-2)11-9-19)28-25(32)31-14-5-13-30(16-17-31)22-7-4-3-6-20(22)18-26/h3-4,6-12,15,23H,5,13-14,16-17H2,1-2H3,(H,28,32). The molecule has 1 atom stereocenters. The van der Waals surface area contributed by atoms with Gasteiger partial charge in [-0.1, -0.05) is 24.3 Å². The van der Waals surface area contributed by atoms with E-state index in [1.807, 2.05) is 71.2 Å². The zero-order chi connectivity index (χ0) is 23.2. The Bertz CT molecular complexity index is 1130. The lowest BCUT2D eigenvalue weighted by Gasteiger charge is -2.26. The fraction of sp³-hybridized carbons (Fsp3) is 0.320. The van der Waals surface area contributed by atoms with Crippen molar-refractivity contribution in [3.05, 3.63) is 77.9 Å². The zero-order valence-electron chi connectivity index (χ0n) is 18.9. The normalized spacial score (nSPS) is 14.8. The Morgan fingerprint density at radius 2 is 1.91 bits per heavy atom. The molecular formula is C25H28N6O2. The summed E-state index contributed by atoms with van der Waals surface area (Å²) in [6.45, 7) is 2.68. The summed E-state index contributed by atoms with van der Waals surface area (Å²) < 4.78 is 7.19. The third-order valence-corrected chi connectivity index (χ3v) is 5.98. The first-order chi connectivity index (χ1) is 16.1. The lowest BCUT2D eigenvalue weighted by atomic mass is 10.1. The number of carbonyl (C=O) groups is 1. The zero-order valence-corrected chi connectivity index (χ0v) is 18.9. The van der Waals surface area contributed by atoms with E-state index in [1.165, 1.54) is 0 Å². The minimum absolute atomic E-state index is 0.130. The molecule has 2 aromatic carbocycles. The maximum atomic E-state index is 13.3. The van der Waals surface area contributed by atoms with E-state index in [4.69, 9.17) is 4.74 Å². The van der Waals surface area contributed by atoms with Crippen LogP contribution in [0, 0.1) is 11.3 Å². The van der Waals surface area contributed by atoms with Gasteiger partial charge in [0.15, 0.2) is 0 Å². The van der Waals surface area contributed by atoms with Gasteiger partial charge in [0, 0.05) is 45.6 Å². The Balaban J connectivity index is 1.50. The largest absolute Gasteiger partial charge is 0.497 e. The quantitative estimate of drug-likeness (QED) is 0.653. The van der Waals surface area contributed by atoms with Crippen molar-refractivity contribution >= 4 is 11.7 Å². The van der Waals surface area contributed by atoms with Gasteiger partial charge >= 0.3 is 6.03 Å². The molecule has 1 fully saturated rings. The van der Waals surface area contributed by atoms with Gasteiger partial charge in [-0.15, -0.1) is 0 Å². The summed E-state index contributed by atoms with van der Waals surface area (Å²) in [6.07, 6.45) is 4.42. The number of nitrogens with one attached hydrogen (secondary N) is 1. The molecule has 0 spiro atoms. The molecule has 0 aliphatic carbocycles. The second-order valence-corrected chi connectivity index (χ2v) is 8.01. The highest BCUT2D eigenvalue weighted by atomic mass is 16.5. The molecule has 1 aliphatic heterocycles. The predicted octanol–water partition coefficient (Wildman–Crippen LogP) is 3.31. The molecule has 2 amide bonds. The number of methoxy groups -OCH3 is 1. The maximum Gasteiger partial charge on any atom is 0.318 e. The summed E-state index contributed by atoms with van der Waals surface area (Å²) in [5, 5.41) is 12.6. The number of amides is 2. The molecule has 1 unspecified atom stereocenters. The highest BCUT2D eigenvalue weighted by Crippen LogP contribution is 2.24. The maximum absolute atomic E-state index is 13.3. The van der Waals surface area contributed by atoms with Gasteiger partial charge in [0.05, 0.1) is 18.4 Å². The Kier molecular flexibility index (Phi) is 6.79. The number of hydrogen-bond donors (Lipinski definition) is 1. The molecule has 2 heterocycles. The van der Waals surface area contributed by atoms with E-state index in [-0.39, 0.29) is 12.1 Å². The number of rotatable bonds is 5. The monoisotopic (exact) mass is 444 g/mol. The lowest BCUT2D eigenvalue weighted by Crippen LogP contribution is -2.44. The molecule has 0 bridgehead atoms. The summed E-state index contributed by atoms with van der Waals surface area (Å²) in [4.78, 5) is 21.8. The first-order valence-corrected chi connectivity index (χ1v) is 11.0. The number of nitrogens with zero attached hydrogens (tertiary/aromatic N) is 5. The molecule has 8 heteroatoms. The Hall–Kier alpha value is -3.99. The highest BCUT2D eigenvalue weighted by molar-refractivity contribution is 5.75. The smallest absolute Gasteiger partial charge is 0.318 e. The van der Waals surface area contributed by atoms with Gasteiger partial charge in [0.25, 0.3) is 0 Å². The molecule has 1 aliphatic rings. The number of para-hydroxylation sites is 1. The minimum Gasteiger partial charge on any atom is -0.497 e. The van der Waals surface area contributed by atoms with E-state index >= 15 is 0 Å². The molecule has 1 N–H and O–H groups in total. The minimum atomic E-state index is -0.387. The number of ether oxygens (including phenoxy) is 1. The number of aryl methyl sites for hydroxylation is 1. The fourth-order valence-electron chi connectivity index (χ4n) is 4.17. The Morgan fingerprint density at radius 3 is 2.61 bits per heavy atom. The van der Waals surface area contributed by atoms with Gasteiger partial charge in [-0.3, -0.25) is 0 Å². The number of carbonyl (C=O) groups excluding carboxylic acids is 1. The molecule has 0 radical (unpaired) electrons. The van der Waals surface area contributed by atoms with Crippen LogP contribution < -0.4 is 15.0 Å². The van der Waals surface area contributed by atoms with Gasteiger partial charge < -0.3 is 24.4 Å². The third-order valence-electron chi connectivity index (χ3n) is 5.98. The second kappa shape index (κ2) is 10.1. The highest BCUT2D eigenvalue weighted by Gasteiger charge is 2.26. The van der Waals surface area contributed by atoms with Gasteiger partial charge in [-0.2, -0.15) is 5.26 Å². The molecule has 4 rings (SSSR count). The van der Waals surface area contributed by atoms with Crippen LogP contribution in [0.4, 0.5) is 10.5 Å². The van der Waals surface area contributed by atoms with Crippen LogP contribution in [0.25, 0.3) is 0 Å². The third kappa shape index (κ3) is 4.93. The van der Waals surface area contributed by atoms with Crippen molar-refractivity contribution in [2.24, 2.45) is 7.05 Å². The fourth-order valence-corrected chi connectivity index (χ4v) is 4.17. The number of benzene rings is 2. The summed E-state index contributed by atoms with van der Waals surface area (Å²) in [5.41, 5.74) is 2.51. The number of hydrogen-bond acceptors (Lipinski definition) is 5. The van der Waals surface area contributed by atoms with Crippen LogP contribution in [-0.2, 0) is 7.05 Å². The molecule has 8 nitrogen and oxygen atoms in total. The van der Waals surface area contributed by atoms with Gasteiger partial charge in [0.2, 0.25) is 0 Å². The number of nitriles is 1. The van der Waals surface area contributed by atoms with E-state index in [2.05, 4.69) is 21.3 Å². The van der Waals surface area contributed by atoms with Crippen LogP contribution in [-0.4, -0.2) is 53.8 Å². The first-order valence-electron chi connectivity index (χ1n) is 11.0. The second-order valence-electron chi connectivity index (χ2n) is 8.01. The SMILES string of the molecule is COc1ccc(C(NC(=O)N2CCCN(c3ccccc3C#N)CC2)c2nccn2C)cc1. The molecule has 0 saturated carbocycles. The van der Waals surface area contributed by atoms with E-state index in [0.717, 1.165) is 35.8 Å². The topological polar surface area (TPSA) is 86.4 Å². The summed E-state index contributed by atoms with van der Waals surface area (Å²) in [6, 6.07) is 17.0. The average molecular weight is 445 g/mol. The van der Waals surface area contributed by atoms with Crippen molar-refractivity contribution in [1.82, 2.24) is 19.8 Å². The number of aromatic nitrogens is 2. The van der Waals surface area contributed by atoms with Crippen LogP contribution in [0.5, 0.6) is 5.75 Å². The molecule has 3 aromatic rings. The molecular weight excluding hydrogens is 416 g/mol. The number of anilines is 1.